The van der Waals surface area contributed by atoms with Crippen molar-refractivity contribution >= 4 is 23.3 Å². The summed E-state index contributed by atoms with van der Waals surface area (Å²) in [7, 11) is 1.63. The van der Waals surface area contributed by atoms with Crippen LogP contribution in [0.25, 0.3) is 11.1 Å². The Morgan fingerprint density at radius 2 is 1.82 bits per heavy atom. The van der Waals surface area contributed by atoms with Crippen LogP contribution in [0, 0.1) is 0 Å². The minimum absolute atomic E-state index is 0.0169. The lowest BCUT2D eigenvalue weighted by atomic mass is 9.85. The fourth-order valence-electron chi connectivity index (χ4n) is 4.29. The molecule has 0 unspecified atom stereocenters. The number of hydrogen-bond donors (Lipinski definition) is 1. The Labute approximate surface area is 198 Å². The summed E-state index contributed by atoms with van der Waals surface area (Å²) in [5, 5.41) is 0. The van der Waals surface area contributed by atoms with Crippen molar-refractivity contribution in [2.24, 2.45) is 7.05 Å². The summed E-state index contributed by atoms with van der Waals surface area (Å²) in [6.45, 7) is 8.17. The van der Waals surface area contributed by atoms with Crippen molar-refractivity contribution in [3.63, 3.8) is 0 Å². The van der Waals surface area contributed by atoms with Crippen molar-refractivity contribution in [1.29, 1.82) is 0 Å². The normalized spacial score (nSPS) is 13.2. The van der Waals surface area contributed by atoms with Crippen LogP contribution >= 0.6 is 0 Å². The summed E-state index contributed by atoms with van der Waals surface area (Å²) < 4.78 is 6.79. The quantitative estimate of drug-likeness (QED) is 0.592. The number of aryl methyl sites for hydroxylation is 1. The summed E-state index contributed by atoms with van der Waals surface area (Å²) in [4.78, 5) is 38.9. The number of carbonyl (C=O) groups is 2. The van der Waals surface area contributed by atoms with E-state index in [-0.39, 0.29) is 29.2 Å². The van der Waals surface area contributed by atoms with Crippen molar-refractivity contribution in [2.75, 3.05) is 10.6 Å². The molecule has 0 atom stereocenters. The summed E-state index contributed by atoms with van der Waals surface area (Å²) >= 11 is 0. The average Bonchev–Trinajstić information content (AvgIpc) is 3.10. The molecule has 7 nitrogen and oxygen atoms in total. The summed E-state index contributed by atoms with van der Waals surface area (Å²) in [6.07, 6.45) is 1.69. The molecule has 176 valence electrons. The van der Waals surface area contributed by atoms with E-state index < -0.39 is 5.97 Å². The zero-order valence-corrected chi connectivity index (χ0v) is 20.1. The topological polar surface area (TPSA) is 94.6 Å². The molecule has 7 heteroatoms. The Kier molecular flexibility index (Phi) is 5.81. The summed E-state index contributed by atoms with van der Waals surface area (Å²) in [6, 6.07) is 13.2. The van der Waals surface area contributed by atoms with Crippen LogP contribution < -0.4 is 16.2 Å². The molecule has 1 aliphatic heterocycles. The zero-order valence-electron chi connectivity index (χ0n) is 20.1. The first-order valence-electron chi connectivity index (χ1n) is 11.1. The van der Waals surface area contributed by atoms with Gasteiger partial charge in [0, 0.05) is 36.9 Å². The fourth-order valence-corrected chi connectivity index (χ4v) is 4.29. The van der Waals surface area contributed by atoms with Crippen LogP contribution in [0.5, 0.6) is 0 Å². The number of carbonyl (C=O) groups excluding carboxylic acids is 2. The van der Waals surface area contributed by atoms with E-state index in [9.17, 15) is 14.4 Å². The van der Waals surface area contributed by atoms with E-state index in [1.807, 2.05) is 30.3 Å². The van der Waals surface area contributed by atoms with E-state index in [1.54, 1.807) is 24.2 Å². The number of rotatable bonds is 4. The lowest BCUT2D eigenvalue weighted by Gasteiger charge is -2.22. The number of nitrogens with zero attached hydrogens (tertiary/aromatic N) is 2. The summed E-state index contributed by atoms with van der Waals surface area (Å²) in [5.74, 6) is -0.525. The first-order chi connectivity index (χ1) is 16.0. The van der Waals surface area contributed by atoms with E-state index in [4.69, 9.17) is 10.5 Å². The molecule has 0 fully saturated rings. The number of anilines is 2. The van der Waals surface area contributed by atoms with Crippen LogP contribution in [0.1, 0.15) is 54.7 Å². The van der Waals surface area contributed by atoms with Gasteiger partial charge in [-0.25, -0.2) is 0 Å². The second-order valence-electron chi connectivity index (χ2n) is 9.70. The van der Waals surface area contributed by atoms with E-state index >= 15 is 0 Å². The highest BCUT2D eigenvalue weighted by Gasteiger charge is 2.32. The van der Waals surface area contributed by atoms with Crippen LogP contribution in [0.15, 0.2) is 53.5 Å². The van der Waals surface area contributed by atoms with Crippen LogP contribution in [-0.4, -0.2) is 16.4 Å². The van der Waals surface area contributed by atoms with Gasteiger partial charge in [0.1, 0.15) is 6.61 Å². The van der Waals surface area contributed by atoms with Gasteiger partial charge in [-0.1, -0.05) is 45.0 Å². The molecule has 3 aromatic rings. The fraction of sp³-hybridized carbons (Fsp3) is 0.296. The average molecular weight is 460 g/mol. The monoisotopic (exact) mass is 459 g/mol. The second kappa shape index (κ2) is 8.48. The largest absolute Gasteiger partial charge is 0.461 e. The predicted octanol–water partition coefficient (Wildman–Crippen LogP) is 4.16. The van der Waals surface area contributed by atoms with E-state index in [0.29, 0.717) is 28.9 Å². The van der Waals surface area contributed by atoms with Gasteiger partial charge in [0.2, 0.25) is 0 Å². The maximum Gasteiger partial charge on any atom is 0.302 e. The molecule has 1 amide bonds. The van der Waals surface area contributed by atoms with Gasteiger partial charge < -0.3 is 19.9 Å². The number of pyridine rings is 1. The zero-order chi connectivity index (χ0) is 24.8. The molecule has 0 aliphatic carbocycles. The molecule has 0 radical (unpaired) electrons. The highest BCUT2D eigenvalue weighted by atomic mass is 16.5. The number of aromatic nitrogens is 1. The van der Waals surface area contributed by atoms with Crippen molar-refractivity contribution in [3.05, 3.63) is 81.3 Å². The Balaban J connectivity index is 1.83. The molecular formula is C27H29N3O4. The first-order valence-corrected chi connectivity index (χ1v) is 11.1. The lowest BCUT2D eigenvalue weighted by Crippen LogP contribution is -2.25. The van der Waals surface area contributed by atoms with Crippen molar-refractivity contribution < 1.29 is 14.3 Å². The number of ether oxygens (including phenoxy) is 1. The third kappa shape index (κ3) is 4.21. The highest BCUT2D eigenvalue weighted by Crippen LogP contribution is 2.37. The van der Waals surface area contributed by atoms with Gasteiger partial charge >= 0.3 is 5.97 Å². The third-order valence-corrected chi connectivity index (χ3v) is 6.16. The van der Waals surface area contributed by atoms with Crippen LogP contribution in [0.2, 0.25) is 0 Å². The molecule has 2 heterocycles. The van der Waals surface area contributed by atoms with Gasteiger partial charge in [-0.15, -0.1) is 0 Å². The standard InChI is InChI=1S/C27H29N3O4/c1-16(31)34-15-22-20(18-12-23(28)26(33)29(5)13-18)7-6-8-24(22)30-14-17-11-19(27(2,3)4)9-10-21(17)25(30)32/h6-13H,14-15,28H2,1-5H3. The van der Waals surface area contributed by atoms with Gasteiger partial charge in [-0.3, -0.25) is 14.4 Å². The molecule has 0 spiro atoms. The van der Waals surface area contributed by atoms with Gasteiger partial charge in [-0.05, 0) is 40.3 Å². The predicted molar refractivity (Wildman–Crippen MR) is 133 cm³/mol. The Morgan fingerprint density at radius 1 is 1.09 bits per heavy atom. The number of benzene rings is 2. The number of esters is 1. The Morgan fingerprint density at radius 3 is 2.47 bits per heavy atom. The van der Waals surface area contributed by atoms with Crippen molar-refractivity contribution in [1.82, 2.24) is 4.57 Å². The number of nitrogens with two attached hydrogens (primary N) is 1. The highest BCUT2D eigenvalue weighted by molar-refractivity contribution is 6.10. The van der Waals surface area contributed by atoms with Gasteiger partial charge in [0.15, 0.2) is 0 Å². The van der Waals surface area contributed by atoms with Crippen LogP contribution in [0.4, 0.5) is 11.4 Å². The number of amides is 1. The lowest BCUT2D eigenvalue weighted by molar-refractivity contribution is -0.142. The molecule has 2 N–H and O–H groups in total. The second-order valence-corrected chi connectivity index (χ2v) is 9.70. The third-order valence-electron chi connectivity index (χ3n) is 6.16. The number of fused-ring (bicyclic) bond motifs is 1. The van der Waals surface area contributed by atoms with E-state index in [1.165, 1.54) is 11.5 Å². The number of nitrogen functional groups attached to an aromatic ring is 1. The number of hydrogen-bond acceptors (Lipinski definition) is 5. The van der Waals surface area contributed by atoms with E-state index in [2.05, 4.69) is 26.8 Å². The maximum absolute atomic E-state index is 13.4. The minimum atomic E-state index is -0.424. The van der Waals surface area contributed by atoms with Crippen molar-refractivity contribution in [3.8, 4) is 11.1 Å². The summed E-state index contributed by atoms with van der Waals surface area (Å²) in [5.41, 5.74) is 11.3. The van der Waals surface area contributed by atoms with E-state index in [0.717, 1.165) is 16.7 Å². The molecule has 1 aromatic heterocycles. The molecule has 1 aliphatic rings. The molecule has 4 rings (SSSR count). The molecular weight excluding hydrogens is 430 g/mol. The molecule has 2 aromatic carbocycles. The van der Waals surface area contributed by atoms with Crippen molar-refractivity contribution in [2.45, 2.75) is 46.3 Å². The Bertz CT molecular complexity index is 1340. The van der Waals surface area contributed by atoms with Gasteiger partial charge in [0.05, 0.1) is 17.9 Å². The van der Waals surface area contributed by atoms with Crippen LogP contribution in [-0.2, 0) is 35.1 Å². The molecule has 34 heavy (non-hydrogen) atoms. The van der Waals surface area contributed by atoms with Gasteiger partial charge in [-0.2, -0.15) is 0 Å². The maximum atomic E-state index is 13.4. The van der Waals surface area contributed by atoms with Gasteiger partial charge in [0.25, 0.3) is 11.5 Å². The molecule has 0 bridgehead atoms. The SMILES string of the molecule is CC(=O)OCc1c(-c2cc(N)c(=O)n(C)c2)cccc1N1Cc2cc(C(C)(C)C)ccc2C1=O. The minimum Gasteiger partial charge on any atom is -0.461 e. The smallest absolute Gasteiger partial charge is 0.302 e. The molecule has 0 saturated heterocycles. The first kappa shape index (κ1) is 23.3. The molecule has 0 saturated carbocycles. The Hall–Kier alpha value is -3.87. The van der Waals surface area contributed by atoms with Crippen LogP contribution in [0.3, 0.4) is 0 Å².